The smallest absolute Gasteiger partial charge is 0.136 e. The second-order valence-corrected chi connectivity index (χ2v) is 5.03. The fraction of sp³-hybridized carbons (Fsp3) is 0.429. The van der Waals surface area contributed by atoms with Gasteiger partial charge in [-0.05, 0) is 32.0 Å². The highest BCUT2D eigenvalue weighted by molar-refractivity contribution is 5.57. The van der Waals surface area contributed by atoms with Gasteiger partial charge in [-0.3, -0.25) is 0 Å². The summed E-state index contributed by atoms with van der Waals surface area (Å²) in [6.07, 6.45) is 9.41. The average Bonchev–Trinajstić information content (AvgIpc) is 2.88. The third kappa shape index (κ3) is 1.82. The number of H-pyrrole nitrogens is 1. The van der Waals surface area contributed by atoms with E-state index in [9.17, 15) is 0 Å². The summed E-state index contributed by atoms with van der Waals surface area (Å²) in [4.78, 5) is 12.3. The molecule has 0 radical (unpaired) electrons. The van der Waals surface area contributed by atoms with E-state index in [1.165, 1.54) is 19.3 Å². The molecule has 0 atom stereocenters. The molecule has 2 aromatic rings. The summed E-state index contributed by atoms with van der Waals surface area (Å²) in [5.41, 5.74) is 2.28. The second kappa shape index (κ2) is 4.53. The van der Waals surface area contributed by atoms with E-state index in [4.69, 9.17) is 4.98 Å². The van der Waals surface area contributed by atoms with Gasteiger partial charge in [-0.25, -0.2) is 9.97 Å². The lowest BCUT2D eigenvalue weighted by molar-refractivity contribution is 0.225. The lowest BCUT2D eigenvalue weighted by atomic mass is 9.68. The van der Waals surface area contributed by atoms with E-state index in [2.05, 4.69) is 15.3 Å². The minimum absolute atomic E-state index is 0.154. The number of rotatable bonds is 4. The second-order valence-electron chi connectivity index (χ2n) is 5.03. The number of aromatic nitrogens is 3. The van der Waals surface area contributed by atoms with Gasteiger partial charge < -0.3 is 10.3 Å². The molecule has 18 heavy (non-hydrogen) atoms. The predicted octanol–water partition coefficient (Wildman–Crippen LogP) is 2.11. The molecule has 1 aliphatic carbocycles. The third-order valence-electron chi connectivity index (χ3n) is 3.85. The van der Waals surface area contributed by atoms with E-state index in [-0.39, 0.29) is 5.41 Å². The Morgan fingerprint density at radius 1 is 1.39 bits per heavy atom. The minimum atomic E-state index is 0.154. The van der Waals surface area contributed by atoms with Crippen LogP contribution < -0.4 is 5.32 Å². The Balaban J connectivity index is 1.96. The summed E-state index contributed by atoms with van der Waals surface area (Å²) in [5, 5.41) is 3.28. The van der Waals surface area contributed by atoms with Crippen LogP contribution in [0.3, 0.4) is 0 Å². The quantitative estimate of drug-likeness (QED) is 0.863. The summed E-state index contributed by atoms with van der Waals surface area (Å²) < 4.78 is 0. The van der Waals surface area contributed by atoms with Crippen molar-refractivity contribution in [2.75, 3.05) is 13.6 Å². The first-order valence-electron chi connectivity index (χ1n) is 6.45. The van der Waals surface area contributed by atoms with Crippen LogP contribution in [0.4, 0.5) is 0 Å². The molecule has 0 aromatic carbocycles. The van der Waals surface area contributed by atoms with Crippen LogP contribution in [0.1, 0.15) is 25.1 Å². The maximum absolute atomic E-state index is 4.76. The van der Waals surface area contributed by atoms with Gasteiger partial charge in [-0.1, -0.05) is 6.42 Å². The normalized spacial score (nSPS) is 17.4. The predicted molar refractivity (Wildman–Crippen MR) is 71.3 cm³/mol. The molecule has 2 heterocycles. The molecule has 1 saturated carbocycles. The van der Waals surface area contributed by atoms with Gasteiger partial charge in [0, 0.05) is 36.1 Å². The Morgan fingerprint density at radius 2 is 2.28 bits per heavy atom. The molecular formula is C14H18N4. The molecule has 3 rings (SSSR count). The summed E-state index contributed by atoms with van der Waals surface area (Å²) in [7, 11) is 2.00. The molecule has 0 amide bonds. The van der Waals surface area contributed by atoms with Crippen LogP contribution in [0.15, 0.2) is 30.7 Å². The van der Waals surface area contributed by atoms with Crippen molar-refractivity contribution < 1.29 is 0 Å². The lowest BCUT2D eigenvalue weighted by Gasteiger charge is -2.40. The van der Waals surface area contributed by atoms with E-state index < -0.39 is 0 Å². The molecule has 4 nitrogen and oxygen atoms in total. The standard InChI is InChI=1S/C14H18N4/c1-15-10-14(5-2-6-14)13-17-8-4-12(18-13)11-3-7-16-9-11/h3-4,7-9,15-16H,2,5-6,10H2,1H3. The largest absolute Gasteiger partial charge is 0.367 e. The summed E-state index contributed by atoms with van der Waals surface area (Å²) in [6, 6.07) is 4.01. The fourth-order valence-corrected chi connectivity index (χ4v) is 2.68. The molecule has 0 unspecified atom stereocenters. The highest BCUT2D eigenvalue weighted by atomic mass is 14.9. The van der Waals surface area contributed by atoms with Crippen molar-refractivity contribution in [3.63, 3.8) is 0 Å². The topological polar surface area (TPSA) is 53.6 Å². The molecule has 0 aliphatic heterocycles. The van der Waals surface area contributed by atoms with Crippen molar-refractivity contribution in [3.8, 4) is 11.3 Å². The maximum Gasteiger partial charge on any atom is 0.136 e. The summed E-state index contributed by atoms with van der Waals surface area (Å²) >= 11 is 0. The zero-order valence-corrected chi connectivity index (χ0v) is 10.6. The zero-order chi connectivity index (χ0) is 12.4. The first kappa shape index (κ1) is 11.4. The molecule has 0 bridgehead atoms. The average molecular weight is 242 g/mol. The Morgan fingerprint density at radius 3 is 2.89 bits per heavy atom. The molecule has 1 aliphatic rings. The van der Waals surface area contributed by atoms with Gasteiger partial charge in [-0.15, -0.1) is 0 Å². The number of nitrogens with zero attached hydrogens (tertiary/aromatic N) is 2. The van der Waals surface area contributed by atoms with E-state index in [0.717, 1.165) is 23.6 Å². The monoisotopic (exact) mass is 242 g/mol. The van der Waals surface area contributed by atoms with Crippen molar-refractivity contribution in [1.82, 2.24) is 20.3 Å². The van der Waals surface area contributed by atoms with E-state index in [1.807, 2.05) is 37.8 Å². The van der Waals surface area contributed by atoms with Crippen LogP contribution in [-0.4, -0.2) is 28.5 Å². The molecular weight excluding hydrogens is 224 g/mol. The van der Waals surface area contributed by atoms with Gasteiger partial charge in [0.2, 0.25) is 0 Å². The number of nitrogens with one attached hydrogen (secondary N) is 2. The number of hydrogen-bond donors (Lipinski definition) is 2. The van der Waals surface area contributed by atoms with Crippen LogP contribution >= 0.6 is 0 Å². The molecule has 2 N–H and O–H groups in total. The Bertz CT molecular complexity index is 514. The van der Waals surface area contributed by atoms with E-state index in [1.54, 1.807) is 0 Å². The molecule has 94 valence electrons. The number of likely N-dealkylation sites (N-methyl/N-ethyl adjacent to an activating group) is 1. The van der Waals surface area contributed by atoms with Gasteiger partial charge in [-0.2, -0.15) is 0 Å². The van der Waals surface area contributed by atoms with Crippen LogP contribution in [-0.2, 0) is 5.41 Å². The first-order valence-corrected chi connectivity index (χ1v) is 6.45. The molecule has 2 aromatic heterocycles. The van der Waals surface area contributed by atoms with Crippen LogP contribution in [0, 0.1) is 0 Å². The number of aromatic amines is 1. The van der Waals surface area contributed by atoms with Gasteiger partial charge in [0.15, 0.2) is 0 Å². The minimum Gasteiger partial charge on any atom is -0.367 e. The van der Waals surface area contributed by atoms with Crippen molar-refractivity contribution in [1.29, 1.82) is 0 Å². The fourth-order valence-electron chi connectivity index (χ4n) is 2.68. The van der Waals surface area contributed by atoms with Crippen molar-refractivity contribution >= 4 is 0 Å². The van der Waals surface area contributed by atoms with Crippen molar-refractivity contribution in [2.45, 2.75) is 24.7 Å². The SMILES string of the molecule is CNCC1(c2nccc(-c3cc[nH]c3)n2)CCC1. The van der Waals surface area contributed by atoms with Gasteiger partial charge in [0.05, 0.1) is 5.69 Å². The van der Waals surface area contributed by atoms with Gasteiger partial charge in [0.25, 0.3) is 0 Å². The Kier molecular flexibility index (Phi) is 2.88. The van der Waals surface area contributed by atoms with Crippen molar-refractivity contribution in [2.24, 2.45) is 0 Å². The van der Waals surface area contributed by atoms with Crippen LogP contribution in [0.5, 0.6) is 0 Å². The lowest BCUT2D eigenvalue weighted by Crippen LogP contribution is -2.44. The van der Waals surface area contributed by atoms with E-state index >= 15 is 0 Å². The summed E-state index contributed by atoms with van der Waals surface area (Å²) in [5.74, 6) is 0.988. The van der Waals surface area contributed by atoms with Gasteiger partial charge in [0.1, 0.15) is 5.82 Å². The highest BCUT2D eigenvalue weighted by Gasteiger charge is 2.40. The zero-order valence-electron chi connectivity index (χ0n) is 10.6. The van der Waals surface area contributed by atoms with Crippen LogP contribution in [0.25, 0.3) is 11.3 Å². The molecule has 1 fully saturated rings. The van der Waals surface area contributed by atoms with Crippen molar-refractivity contribution in [3.05, 3.63) is 36.5 Å². The third-order valence-corrected chi connectivity index (χ3v) is 3.85. The van der Waals surface area contributed by atoms with Gasteiger partial charge >= 0.3 is 0 Å². The number of hydrogen-bond acceptors (Lipinski definition) is 3. The van der Waals surface area contributed by atoms with Crippen LogP contribution in [0.2, 0.25) is 0 Å². The Hall–Kier alpha value is -1.68. The summed E-state index contributed by atoms with van der Waals surface area (Å²) in [6.45, 7) is 0.962. The molecule has 0 saturated heterocycles. The Labute approximate surface area is 107 Å². The molecule has 4 heteroatoms. The first-order chi connectivity index (χ1) is 8.84. The highest BCUT2D eigenvalue weighted by Crippen LogP contribution is 2.41. The molecule has 0 spiro atoms. The maximum atomic E-state index is 4.76. The van der Waals surface area contributed by atoms with E-state index in [0.29, 0.717) is 0 Å².